The maximum atomic E-state index is 6.34. The van der Waals surface area contributed by atoms with Crippen molar-refractivity contribution in [3.8, 4) is 0 Å². The standard InChI is InChI=1S/C17H27NS/c1-5-15(18)16(17(2,3)4)19-14-10-9-12-7-6-8-13(12)11-14/h9-11,15-16H,5-8,18H2,1-4H3. The summed E-state index contributed by atoms with van der Waals surface area (Å²) in [5.74, 6) is 0. The van der Waals surface area contributed by atoms with Gasteiger partial charge in [0.15, 0.2) is 0 Å². The van der Waals surface area contributed by atoms with E-state index >= 15 is 0 Å². The lowest BCUT2D eigenvalue weighted by Crippen LogP contribution is -2.40. The van der Waals surface area contributed by atoms with Crippen molar-refractivity contribution < 1.29 is 0 Å². The Balaban J connectivity index is 2.17. The molecule has 2 N–H and O–H groups in total. The van der Waals surface area contributed by atoms with E-state index in [9.17, 15) is 0 Å². The SMILES string of the molecule is CCC(N)C(Sc1ccc2c(c1)CCC2)C(C)(C)C. The minimum Gasteiger partial charge on any atom is -0.327 e. The minimum absolute atomic E-state index is 0.235. The minimum atomic E-state index is 0.235. The number of fused-ring (bicyclic) bond motifs is 1. The Morgan fingerprint density at radius 3 is 2.53 bits per heavy atom. The molecule has 0 bridgehead atoms. The van der Waals surface area contributed by atoms with Gasteiger partial charge in [0.1, 0.15) is 0 Å². The van der Waals surface area contributed by atoms with Crippen LogP contribution in [0.5, 0.6) is 0 Å². The fourth-order valence-electron chi connectivity index (χ4n) is 2.89. The molecule has 0 aromatic heterocycles. The third-order valence-electron chi connectivity index (χ3n) is 4.05. The molecule has 106 valence electrons. The molecule has 0 radical (unpaired) electrons. The van der Waals surface area contributed by atoms with Crippen molar-refractivity contribution in [3.63, 3.8) is 0 Å². The van der Waals surface area contributed by atoms with Crippen LogP contribution in [0.4, 0.5) is 0 Å². The summed E-state index contributed by atoms with van der Waals surface area (Å²) in [5, 5.41) is 0.469. The third-order valence-corrected chi connectivity index (χ3v) is 5.88. The number of hydrogen-bond acceptors (Lipinski definition) is 2. The molecule has 1 aromatic carbocycles. The zero-order chi connectivity index (χ0) is 14.0. The van der Waals surface area contributed by atoms with Gasteiger partial charge in [-0.1, -0.05) is 33.8 Å². The lowest BCUT2D eigenvalue weighted by Gasteiger charge is -2.34. The Kier molecular flexibility index (Phi) is 4.62. The normalized spacial score (nSPS) is 18.2. The predicted octanol–water partition coefficient (Wildman–Crippen LogP) is 4.42. The molecule has 0 saturated carbocycles. The van der Waals surface area contributed by atoms with Gasteiger partial charge in [0.25, 0.3) is 0 Å². The quantitative estimate of drug-likeness (QED) is 0.824. The maximum absolute atomic E-state index is 6.34. The number of nitrogens with two attached hydrogens (primary N) is 1. The van der Waals surface area contributed by atoms with Crippen LogP contribution in [0.2, 0.25) is 0 Å². The summed E-state index contributed by atoms with van der Waals surface area (Å²) in [7, 11) is 0. The highest BCUT2D eigenvalue weighted by atomic mass is 32.2. The fourth-order valence-corrected chi connectivity index (χ4v) is 4.26. The van der Waals surface area contributed by atoms with E-state index in [0.29, 0.717) is 5.25 Å². The van der Waals surface area contributed by atoms with Crippen LogP contribution in [0.3, 0.4) is 0 Å². The molecule has 0 fully saturated rings. The molecular weight excluding hydrogens is 250 g/mol. The lowest BCUT2D eigenvalue weighted by atomic mass is 9.87. The molecule has 1 nitrogen and oxygen atoms in total. The van der Waals surface area contributed by atoms with E-state index in [1.165, 1.54) is 24.2 Å². The van der Waals surface area contributed by atoms with Gasteiger partial charge < -0.3 is 5.73 Å². The van der Waals surface area contributed by atoms with Gasteiger partial charge in [-0.3, -0.25) is 0 Å². The first-order chi connectivity index (χ1) is 8.91. The second kappa shape index (κ2) is 5.88. The molecular formula is C17H27NS. The third kappa shape index (κ3) is 3.55. The van der Waals surface area contributed by atoms with Crippen molar-refractivity contribution in [3.05, 3.63) is 29.3 Å². The van der Waals surface area contributed by atoms with E-state index in [4.69, 9.17) is 5.73 Å². The van der Waals surface area contributed by atoms with Gasteiger partial charge in [0, 0.05) is 16.2 Å². The lowest BCUT2D eigenvalue weighted by molar-refractivity contribution is 0.350. The summed E-state index contributed by atoms with van der Waals surface area (Å²) in [4.78, 5) is 1.39. The van der Waals surface area contributed by atoms with E-state index in [0.717, 1.165) is 6.42 Å². The van der Waals surface area contributed by atoms with Gasteiger partial charge in [-0.05, 0) is 54.4 Å². The van der Waals surface area contributed by atoms with Crippen molar-refractivity contribution >= 4 is 11.8 Å². The number of benzene rings is 1. The summed E-state index contributed by atoms with van der Waals surface area (Å²) in [5.41, 5.74) is 9.69. The number of thioether (sulfide) groups is 1. The Morgan fingerprint density at radius 1 is 1.21 bits per heavy atom. The van der Waals surface area contributed by atoms with Crippen molar-refractivity contribution in [2.75, 3.05) is 0 Å². The smallest absolute Gasteiger partial charge is 0.0294 e. The molecule has 1 aliphatic rings. The predicted molar refractivity (Wildman–Crippen MR) is 85.8 cm³/mol. The molecule has 0 spiro atoms. The van der Waals surface area contributed by atoms with E-state index in [-0.39, 0.29) is 11.5 Å². The Labute approximate surface area is 122 Å². The number of hydrogen-bond donors (Lipinski definition) is 1. The fraction of sp³-hybridized carbons (Fsp3) is 0.647. The Bertz CT molecular complexity index is 433. The van der Waals surface area contributed by atoms with Gasteiger partial charge in [-0.2, -0.15) is 0 Å². The molecule has 0 heterocycles. The average Bonchev–Trinajstić information content (AvgIpc) is 2.81. The summed E-state index contributed by atoms with van der Waals surface area (Å²) >= 11 is 1.97. The van der Waals surface area contributed by atoms with Gasteiger partial charge >= 0.3 is 0 Å². The highest BCUT2D eigenvalue weighted by Crippen LogP contribution is 2.39. The van der Waals surface area contributed by atoms with Gasteiger partial charge in [-0.25, -0.2) is 0 Å². The van der Waals surface area contributed by atoms with Crippen LogP contribution in [0, 0.1) is 5.41 Å². The second-order valence-corrected chi connectivity index (χ2v) is 7.98. The first-order valence-electron chi connectivity index (χ1n) is 7.46. The first kappa shape index (κ1) is 14.9. The van der Waals surface area contributed by atoms with Crippen molar-refractivity contribution in [1.82, 2.24) is 0 Å². The molecule has 0 amide bonds. The van der Waals surface area contributed by atoms with Crippen molar-refractivity contribution in [1.29, 1.82) is 0 Å². The monoisotopic (exact) mass is 277 g/mol. The highest BCUT2D eigenvalue weighted by molar-refractivity contribution is 8.00. The second-order valence-electron chi connectivity index (χ2n) is 6.76. The zero-order valence-electron chi connectivity index (χ0n) is 12.7. The van der Waals surface area contributed by atoms with E-state index in [1.807, 2.05) is 11.8 Å². The van der Waals surface area contributed by atoms with Crippen LogP contribution in [-0.2, 0) is 12.8 Å². The first-order valence-corrected chi connectivity index (χ1v) is 8.34. The maximum Gasteiger partial charge on any atom is 0.0294 e. The van der Waals surface area contributed by atoms with E-state index in [1.54, 1.807) is 11.1 Å². The Morgan fingerprint density at radius 2 is 1.89 bits per heavy atom. The summed E-state index contributed by atoms with van der Waals surface area (Å²) in [6.07, 6.45) is 4.88. The van der Waals surface area contributed by atoms with Gasteiger partial charge in [0.2, 0.25) is 0 Å². The number of aryl methyl sites for hydroxylation is 2. The Hall–Kier alpha value is -0.470. The van der Waals surface area contributed by atoms with E-state index < -0.39 is 0 Å². The molecule has 19 heavy (non-hydrogen) atoms. The molecule has 2 rings (SSSR count). The topological polar surface area (TPSA) is 26.0 Å². The van der Waals surface area contributed by atoms with Crippen LogP contribution in [-0.4, -0.2) is 11.3 Å². The zero-order valence-corrected chi connectivity index (χ0v) is 13.5. The summed E-state index contributed by atoms with van der Waals surface area (Å²) < 4.78 is 0. The molecule has 2 heteroatoms. The van der Waals surface area contributed by atoms with E-state index in [2.05, 4.69) is 45.9 Å². The molecule has 1 aliphatic carbocycles. The van der Waals surface area contributed by atoms with Crippen LogP contribution in [0.25, 0.3) is 0 Å². The molecule has 0 aliphatic heterocycles. The van der Waals surface area contributed by atoms with Gasteiger partial charge in [-0.15, -0.1) is 11.8 Å². The van der Waals surface area contributed by atoms with Crippen LogP contribution >= 0.6 is 11.8 Å². The van der Waals surface area contributed by atoms with Crippen molar-refractivity contribution in [2.45, 2.75) is 69.6 Å². The average molecular weight is 277 g/mol. The molecule has 2 atom stereocenters. The molecule has 2 unspecified atom stereocenters. The van der Waals surface area contributed by atoms with Gasteiger partial charge in [0.05, 0.1) is 0 Å². The molecule has 0 saturated heterocycles. The summed E-state index contributed by atoms with van der Waals surface area (Å²) in [6, 6.07) is 7.27. The van der Waals surface area contributed by atoms with Crippen molar-refractivity contribution in [2.24, 2.45) is 11.1 Å². The largest absolute Gasteiger partial charge is 0.327 e. The van der Waals surface area contributed by atoms with Crippen LogP contribution in [0.1, 0.15) is 51.7 Å². The highest BCUT2D eigenvalue weighted by Gasteiger charge is 2.30. The van der Waals surface area contributed by atoms with Crippen LogP contribution in [0.15, 0.2) is 23.1 Å². The van der Waals surface area contributed by atoms with Crippen LogP contribution < -0.4 is 5.73 Å². The number of rotatable bonds is 4. The molecule has 1 aromatic rings. The summed E-state index contributed by atoms with van der Waals surface area (Å²) in [6.45, 7) is 9.08.